The highest BCUT2D eigenvalue weighted by Crippen LogP contribution is 2.49. The Labute approximate surface area is 179 Å². The Bertz CT molecular complexity index is 1070. The molecular weight excluding hydrogens is 422 g/mol. The molecule has 1 aliphatic rings. The quantitative estimate of drug-likeness (QED) is 0.373. The summed E-state index contributed by atoms with van der Waals surface area (Å²) in [6, 6.07) is 37.7. The van der Waals surface area contributed by atoms with Gasteiger partial charge in [-0.05, 0) is 29.3 Å². The van der Waals surface area contributed by atoms with Crippen molar-refractivity contribution in [3.05, 3.63) is 136 Å². The largest absolute Gasteiger partial charge is 0.356 e. The minimum atomic E-state index is -0.706. The first kappa shape index (κ1) is 18.2. The minimum Gasteiger partial charge on any atom is -0.356 e. The molecule has 0 fully saturated rings. The summed E-state index contributed by atoms with van der Waals surface area (Å²) in [7, 11) is 0. The lowest BCUT2D eigenvalue weighted by molar-refractivity contribution is -0.0432. The highest BCUT2D eigenvalue weighted by atomic mass is 79.9. The number of ether oxygens (including phenoxy) is 1. The Balaban J connectivity index is 1.77. The monoisotopic (exact) mass is 441 g/mol. The van der Waals surface area contributed by atoms with Gasteiger partial charge in [-0.1, -0.05) is 107 Å². The van der Waals surface area contributed by atoms with Crippen molar-refractivity contribution in [3.8, 4) is 0 Å². The van der Waals surface area contributed by atoms with Gasteiger partial charge in [0.15, 0.2) is 6.23 Å². The normalized spacial score (nSPS) is 17.2. The number of anilines is 1. The molecule has 2 nitrogen and oxygen atoms in total. The molecule has 1 atom stereocenters. The first-order chi connectivity index (χ1) is 14.3. The Morgan fingerprint density at radius 2 is 1.21 bits per heavy atom. The Morgan fingerprint density at radius 1 is 0.655 bits per heavy atom. The van der Waals surface area contributed by atoms with Crippen molar-refractivity contribution in [1.82, 2.24) is 0 Å². The van der Waals surface area contributed by atoms with Crippen molar-refractivity contribution in [3.63, 3.8) is 0 Å². The summed E-state index contributed by atoms with van der Waals surface area (Å²) in [6.07, 6.45) is -0.279. The molecule has 0 aliphatic carbocycles. The van der Waals surface area contributed by atoms with Gasteiger partial charge in [-0.15, -0.1) is 0 Å². The fourth-order valence-corrected chi connectivity index (χ4v) is 4.34. The van der Waals surface area contributed by atoms with Crippen molar-refractivity contribution >= 4 is 21.6 Å². The molecule has 5 rings (SSSR count). The standard InChI is InChI=1S/C26H20BrNO/c27-22-17-15-19(16-18-22)25-28-24-14-8-7-13-23(24)26(29-25,20-9-3-1-4-10-20)21-11-5-2-6-12-21/h1-18,25,28H/t25-/m0/s1. The number of halogens is 1. The van der Waals surface area contributed by atoms with Crippen LogP contribution in [0, 0.1) is 0 Å². The van der Waals surface area contributed by atoms with E-state index in [0.717, 1.165) is 32.4 Å². The number of hydrogen-bond donors (Lipinski definition) is 1. The predicted octanol–water partition coefficient (Wildman–Crippen LogP) is 6.88. The fourth-order valence-electron chi connectivity index (χ4n) is 4.08. The molecule has 0 spiro atoms. The molecule has 1 N–H and O–H groups in total. The Hall–Kier alpha value is -2.88. The second-order valence-electron chi connectivity index (χ2n) is 7.15. The van der Waals surface area contributed by atoms with Crippen molar-refractivity contribution in [2.45, 2.75) is 11.8 Å². The van der Waals surface area contributed by atoms with Gasteiger partial charge in [-0.3, -0.25) is 0 Å². The molecule has 29 heavy (non-hydrogen) atoms. The van der Waals surface area contributed by atoms with Crippen molar-refractivity contribution in [2.24, 2.45) is 0 Å². The van der Waals surface area contributed by atoms with E-state index in [4.69, 9.17) is 4.74 Å². The lowest BCUT2D eigenvalue weighted by Crippen LogP contribution is -2.40. The van der Waals surface area contributed by atoms with Gasteiger partial charge >= 0.3 is 0 Å². The smallest absolute Gasteiger partial charge is 0.156 e. The van der Waals surface area contributed by atoms with Crippen LogP contribution < -0.4 is 5.32 Å². The fraction of sp³-hybridized carbons (Fsp3) is 0.0769. The second kappa shape index (κ2) is 7.51. The summed E-state index contributed by atoms with van der Waals surface area (Å²) < 4.78 is 8.02. The molecule has 0 aromatic heterocycles. The lowest BCUT2D eigenvalue weighted by Gasteiger charge is -2.44. The molecule has 0 amide bonds. The van der Waals surface area contributed by atoms with Crippen LogP contribution in [0.15, 0.2) is 114 Å². The van der Waals surface area contributed by atoms with E-state index in [1.54, 1.807) is 0 Å². The highest BCUT2D eigenvalue weighted by Gasteiger charge is 2.44. The summed E-state index contributed by atoms with van der Waals surface area (Å²) in [5, 5.41) is 3.59. The molecule has 142 valence electrons. The van der Waals surface area contributed by atoms with E-state index in [9.17, 15) is 0 Å². The maximum atomic E-state index is 6.97. The zero-order valence-corrected chi connectivity index (χ0v) is 17.3. The topological polar surface area (TPSA) is 21.3 Å². The average molecular weight is 442 g/mol. The van der Waals surface area contributed by atoms with Gasteiger partial charge in [0, 0.05) is 21.3 Å². The molecule has 0 radical (unpaired) electrons. The third kappa shape index (κ3) is 3.17. The number of para-hydroxylation sites is 1. The van der Waals surface area contributed by atoms with Crippen LogP contribution in [0.3, 0.4) is 0 Å². The molecule has 4 aromatic rings. The lowest BCUT2D eigenvalue weighted by atomic mass is 9.78. The molecule has 0 saturated carbocycles. The Kier molecular flexibility index (Phi) is 4.70. The third-order valence-electron chi connectivity index (χ3n) is 5.42. The van der Waals surface area contributed by atoms with Crippen LogP contribution >= 0.6 is 15.9 Å². The number of fused-ring (bicyclic) bond motifs is 1. The van der Waals surface area contributed by atoms with Crippen LogP contribution in [0.2, 0.25) is 0 Å². The maximum Gasteiger partial charge on any atom is 0.156 e. The molecule has 3 heteroatoms. The zero-order valence-electron chi connectivity index (χ0n) is 15.8. The van der Waals surface area contributed by atoms with Gasteiger partial charge in [0.1, 0.15) is 5.60 Å². The minimum absolute atomic E-state index is 0.279. The molecule has 0 unspecified atom stereocenters. The van der Waals surface area contributed by atoms with Crippen LogP contribution in [0.1, 0.15) is 28.5 Å². The summed E-state index contributed by atoms with van der Waals surface area (Å²) in [4.78, 5) is 0. The summed E-state index contributed by atoms with van der Waals surface area (Å²) in [5.41, 5.74) is 4.80. The summed E-state index contributed by atoms with van der Waals surface area (Å²) in [6.45, 7) is 0. The van der Waals surface area contributed by atoms with Gasteiger partial charge in [0.25, 0.3) is 0 Å². The van der Waals surface area contributed by atoms with Crippen LogP contribution in [0.5, 0.6) is 0 Å². The first-order valence-electron chi connectivity index (χ1n) is 9.68. The summed E-state index contributed by atoms with van der Waals surface area (Å²) >= 11 is 3.53. The van der Waals surface area contributed by atoms with Crippen LogP contribution in [-0.2, 0) is 10.3 Å². The molecule has 0 saturated heterocycles. The Morgan fingerprint density at radius 3 is 1.83 bits per heavy atom. The van der Waals surface area contributed by atoms with Gasteiger partial charge in [0.05, 0.1) is 0 Å². The first-order valence-corrected chi connectivity index (χ1v) is 10.5. The molecular formula is C26H20BrNO. The van der Waals surface area contributed by atoms with Crippen LogP contribution in [0.4, 0.5) is 5.69 Å². The number of hydrogen-bond acceptors (Lipinski definition) is 2. The molecule has 1 heterocycles. The van der Waals surface area contributed by atoms with Gasteiger partial charge in [0.2, 0.25) is 0 Å². The van der Waals surface area contributed by atoms with E-state index >= 15 is 0 Å². The number of benzene rings is 4. The predicted molar refractivity (Wildman–Crippen MR) is 121 cm³/mol. The molecule has 0 bridgehead atoms. The van der Waals surface area contributed by atoms with Crippen molar-refractivity contribution in [2.75, 3.05) is 5.32 Å². The number of nitrogens with one attached hydrogen (secondary N) is 1. The maximum absolute atomic E-state index is 6.97. The van der Waals surface area contributed by atoms with E-state index in [0.29, 0.717) is 0 Å². The third-order valence-corrected chi connectivity index (χ3v) is 5.95. The van der Waals surface area contributed by atoms with Gasteiger partial charge in [-0.25, -0.2) is 0 Å². The van der Waals surface area contributed by atoms with E-state index in [1.807, 2.05) is 24.3 Å². The van der Waals surface area contributed by atoms with Crippen molar-refractivity contribution in [1.29, 1.82) is 0 Å². The van der Waals surface area contributed by atoms with E-state index < -0.39 is 5.60 Å². The van der Waals surface area contributed by atoms with Crippen LogP contribution in [0.25, 0.3) is 0 Å². The van der Waals surface area contributed by atoms with E-state index in [1.165, 1.54) is 0 Å². The van der Waals surface area contributed by atoms with E-state index in [2.05, 4.69) is 106 Å². The summed E-state index contributed by atoms with van der Waals surface area (Å²) in [5.74, 6) is 0. The number of rotatable bonds is 3. The SMILES string of the molecule is Brc1ccc([C@H]2Nc3ccccc3C(c3ccccc3)(c3ccccc3)O2)cc1. The second-order valence-corrected chi connectivity index (χ2v) is 8.07. The molecule has 1 aliphatic heterocycles. The van der Waals surface area contributed by atoms with E-state index in [-0.39, 0.29) is 6.23 Å². The van der Waals surface area contributed by atoms with Gasteiger partial charge in [-0.2, -0.15) is 0 Å². The van der Waals surface area contributed by atoms with Gasteiger partial charge < -0.3 is 10.1 Å². The highest BCUT2D eigenvalue weighted by molar-refractivity contribution is 9.10. The molecule has 4 aromatic carbocycles. The average Bonchev–Trinajstić information content (AvgIpc) is 2.80. The van der Waals surface area contributed by atoms with Crippen LogP contribution in [-0.4, -0.2) is 0 Å². The zero-order chi connectivity index (χ0) is 19.7. The van der Waals surface area contributed by atoms with Crippen molar-refractivity contribution < 1.29 is 4.74 Å².